The number of aryl methyl sites for hydroxylation is 3. The molecule has 0 spiro atoms. The average molecular weight is 408 g/mol. The fraction of sp³-hybridized carbons (Fsp3) is 0.542. The minimum Gasteiger partial charge on any atom is -0.332 e. The first-order chi connectivity index (χ1) is 14.3. The minimum atomic E-state index is 0.303. The van der Waals surface area contributed by atoms with Crippen LogP contribution in [0.25, 0.3) is 23.0 Å². The smallest absolute Gasteiger partial charge is 0.279 e. The van der Waals surface area contributed by atoms with Crippen molar-refractivity contribution in [2.24, 2.45) is 11.1 Å². The summed E-state index contributed by atoms with van der Waals surface area (Å²) in [6, 6.07) is 4.30. The van der Waals surface area contributed by atoms with Crippen LogP contribution in [0, 0.1) is 19.3 Å². The molecule has 1 aliphatic carbocycles. The normalized spacial score (nSPS) is 15.4. The number of hydrogen-bond donors (Lipinski definition) is 1. The molecule has 0 aliphatic heterocycles. The van der Waals surface area contributed by atoms with Gasteiger partial charge in [-0.25, -0.2) is 0 Å². The van der Waals surface area contributed by atoms with Crippen LogP contribution in [0.15, 0.2) is 16.7 Å². The van der Waals surface area contributed by atoms with Crippen molar-refractivity contribution in [1.29, 1.82) is 0 Å². The second kappa shape index (κ2) is 7.99. The molecule has 0 amide bonds. The second-order valence-corrected chi connectivity index (χ2v) is 9.33. The van der Waals surface area contributed by atoms with Crippen LogP contribution < -0.4 is 5.73 Å². The van der Waals surface area contributed by atoms with Gasteiger partial charge in [0.2, 0.25) is 5.82 Å². The van der Waals surface area contributed by atoms with E-state index in [4.69, 9.17) is 20.3 Å². The van der Waals surface area contributed by atoms with Crippen molar-refractivity contribution < 1.29 is 4.52 Å². The molecule has 2 heterocycles. The third kappa shape index (κ3) is 3.81. The SMILES string of the molecule is CCn1nc(-c2nc(-c3cc(C)c(CCCN)c(C)c3)no2)c2c1CC(C)(C)CC2. The molecule has 0 saturated carbocycles. The highest BCUT2D eigenvalue weighted by molar-refractivity contribution is 5.63. The van der Waals surface area contributed by atoms with E-state index in [9.17, 15) is 0 Å². The van der Waals surface area contributed by atoms with Gasteiger partial charge in [-0.2, -0.15) is 10.1 Å². The number of aromatic nitrogens is 4. The number of rotatable bonds is 6. The van der Waals surface area contributed by atoms with Gasteiger partial charge < -0.3 is 10.3 Å². The zero-order valence-electron chi connectivity index (χ0n) is 18.9. The summed E-state index contributed by atoms with van der Waals surface area (Å²) >= 11 is 0. The molecule has 1 aromatic carbocycles. The Morgan fingerprint density at radius 2 is 1.93 bits per heavy atom. The first-order valence-electron chi connectivity index (χ1n) is 11.1. The highest BCUT2D eigenvalue weighted by Crippen LogP contribution is 2.39. The number of hydrogen-bond acceptors (Lipinski definition) is 5. The Bertz CT molecular complexity index is 1040. The fourth-order valence-electron chi connectivity index (χ4n) is 4.67. The molecule has 2 aromatic heterocycles. The zero-order valence-corrected chi connectivity index (χ0v) is 18.9. The van der Waals surface area contributed by atoms with Gasteiger partial charge in [-0.05, 0) is 93.7 Å². The van der Waals surface area contributed by atoms with Gasteiger partial charge in [0.05, 0.1) is 0 Å². The van der Waals surface area contributed by atoms with Crippen molar-refractivity contribution in [3.05, 3.63) is 40.1 Å². The molecule has 0 saturated heterocycles. The third-order valence-corrected chi connectivity index (χ3v) is 6.38. The molecule has 4 rings (SSSR count). The molecule has 0 unspecified atom stereocenters. The van der Waals surface area contributed by atoms with Crippen LogP contribution in [0.4, 0.5) is 0 Å². The van der Waals surface area contributed by atoms with Crippen LogP contribution in [0.3, 0.4) is 0 Å². The van der Waals surface area contributed by atoms with Crippen LogP contribution in [0.5, 0.6) is 0 Å². The Kier molecular flexibility index (Phi) is 5.53. The molecule has 3 aromatic rings. The highest BCUT2D eigenvalue weighted by atomic mass is 16.5. The summed E-state index contributed by atoms with van der Waals surface area (Å²) in [5.41, 5.74) is 14.3. The van der Waals surface area contributed by atoms with Gasteiger partial charge in [-0.15, -0.1) is 0 Å². The van der Waals surface area contributed by atoms with E-state index in [1.54, 1.807) is 0 Å². The Morgan fingerprint density at radius 1 is 1.20 bits per heavy atom. The van der Waals surface area contributed by atoms with E-state index in [2.05, 4.69) is 56.6 Å². The summed E-state index contributed by atoms with van der Waals surface area (Å²) in [6.45, 7) is 12.6. The van der Waals surface area contributed by atoms with Crippen molar-refractivity contribution in [3.63, 3.8) is 0 Å². The largest absolute Gasteiger partial charge is 0.332 e. The van der Waals surface area contributed by atoms with E-state index in [1.165, 1.54) is 27.9 Å². The van der Waals surface area contributed by atoms with Gasteiger partial charge in [0.15, 0.2) is 5.69 Å². The lowest BCUT2D eigenvalue weighted by Crippen LogP contribution is -2.24. The number of benzene rings is 1. The van der Waals surface area contributed by atoms with E-state index in [1.807, 2.05) is 0 Å². The summed E-state index contributed by atoms with van der Waals surface area (Å²) < 4.78 is 7.81. The molecule has 160 valence electrons. The molecule has 0 atom stereocenters. The first kappa shape index (κ1) is 20.8. The van der Waals surface area contributed by atoms with Crippen molar-refractivity contribution in [3.8, 4) is 23.0 Å². The maximum atomic E-state index is 5.70. The molecule has 0 radical (unpaired) electrons. The Hall–Kier alpha value is -2.47. The molecular formula is C24H33N5O. The molecule has 30 heavy (non-hydrogen) atoms. The lowest BCUT2D eigenvalue weighted by molar-refractivity contribution is 0.304. The van der Waals surface area contributed by atoms with Crippen LogP contribution in [0.2, 0.25) is 0 Å². The maximum Gasteiger partial charge on any atom is 0.279 e. The van der Waals surface area contributed by atoms with Crippen molar-refractivity contribution >= 4 is 0 Å². The van der Waals surface area contributed by atoms with Crippen LogP contribution in [-0.2, 0) is 25.8 Å². The zero-order chi connectivity index (χ0) is 21.5. The molecule has 2 N–H and O–H groups in total. The van der Waals surface area contributed by atoms with E-state index >= 15 is 0 Å². The minimum absolute atomic E-state index is 0.303. The summed E-state index contributed by atoms with van der Waals surface area (Å²) in [5.74, 6) is 1.15. The summed E-state index contributed by atoms with van der Waals surface area (Å²) in [4.78, 5) is 4.74. The predicted molar refractivity (Wildman–Crippen MR) is 119 cm³/mol. The van der Waals surface area contributed by atoms with E-state index in [0.29, 0.717) is 23.7 Å². The Labute approximate surface area is 178 Å². The quantitative estimate of drug-likeness (QED) is 0.643. The molecule has 1 aliphatic rings. The van der Waals surface area contributed by atoms with Gasteiger partial charge in [0.1, 0.15) is 0 Å². The topological polar surface area (TPSA) is 82.8 Å². The molecule has 6 nitrogen and oxygen atoms in total. The van der Waals surface area contributed by atoms with Crippen LogP contribution in [-0.4, -0.2) is 26.5 Å². The van der Waals surface area contributed by atoms with Gasteiger partial charge in [-0.3, -0.25) is 4.68 Å². The van der Waals surface area contributed by atoms with Gasteiger partial charge in [0.25, 0.3) is 5.89 Å². The Balaban J connectivity index is 1.68. The summed E-state index contributed by atoms with van der Waals surface area (Å²) in [6.07, 6.45) is 5.18. The monoisotopic (exact) mass is 407 g/mol. The summed E-state index contributed by atoms with van der Waals surface area (Å²) in [5, 5.41) is 9.14. The van der Waals surface area contributed by atoms with Gasteiger partial charge in [0, 0.05) is 23.4 Å². The number of nitrogens with zero attached hydrogens (tertiary/aromatic N) is 4. The van der Waals surface area contributed by atoms with Gasteiger partial charge >= 0.3 is 0 Å². The van der Waals surface area contributed by atoms with E-state index in [0.717, 1.165) is 49.9 Å². The van der Waals surface area contributed by atoms with Crippen LogP contribution in [0.1, 0.15) is 61.6 Å². The summed E-state index contributed by atoms with van der Waals surface area (Å²) in [7, 11) is 0. The highest BCUT2D eigenvalue weighted by Gasteiger charge is 2.32. The lowest BCUT2D eigenvalue weighted by atomic mass is 9.76. The predicted octanol–water partition coefficient (Wildman–Crippen LogP) is 4.64. The number of fused-ring (bicyclic) bond motifs is 1. The molecule has 0 bridgehead atoms. The van der Waals surface area contributed by atoms with Crippen molar-refractivity contribution in [2.45, 2.75) is 73.3 Å². The van der Waals surface area contributed by atoms with E-state index < -0.39 is 0 Å². The van der Waals surface area contributed by atoms with Crippen molar-refractivity contribution in [2.75, 3.05) is 6.54 Å². The first-order valence-corrected chi connectivity index (χ1v) is 11.1. The van der Waals surface area contributed by atoms with Crippen LogP contribution >= 0.6 is 0 Å². The standard InChI is InChI=1S/C24H33N5O/c1-6-29-20-14-24(4,5)10-9-19(20)21(27-29)23-26-22(28-30-23)17-12-15(2)18(8-7-11-25)16(3)13-17/h12-13H,6-11,14,25H2,1-5H3. The number of nitrogens with two attached hydrogens (primary N) is 1. The average Bonchev–Trinajstić information content (AvgIpc) is 3.31. The second-order valence-electron chi connectivity index (χ2n) is 9.33. The van der Waals surface area contributed by atoms with E-state index in [-0.39, 0.29) is 0 Å². The third-order valence-electron chi connectivity index (χ3n) is 6.38. The molecule has 0 fully saturated rings. The van der Waals surface area contributed by atoms with Gasteiger partial charge in [-0.1, -0.05) is 19.0 Å². The molecular weight excluding hydrogens is 374 g/mol. The lowest BCUT2D eigenvalue weighted by Gasteiger charge is -2.30. The maximum absolute atomic E-state index is 5.70. The Morgan fingerprint density at radius 3 is 2.60 bits per heavy atom. The fourth-order valence-corrected chi connectivity index (χ4v) is 4.67. The van der Waals surface area contributed by atoms with Crippen molar-refractivity contribution in [1.82, 2.24) is 19.9 Å². The molecule has 6 heteroatoms.